The first kappa shape index (κ1) is 23.4. The molecule has 1 heterocycles. The predicted molar refractivity (Wildman–Crippen MR) is 101 cm³/mol. The number of oxime groups is 1. The molecule has 0 atom stereocenters. The molecule has 0 fully saturated rings. The molecule has 8 nitrogen and oxygen atoms in total. The first-order valence-electron chi connectivity index (χ1n) is 8.88. The van der Waals surface area contributed by atoms with Crippen LogP contribution in [0.2, 0.25) is 0 Å². The summed E-state index contributed by atoms with van der Waals surface area (Å²) in [4.78, 5) is 22.6. The maximum atomic E-state index is 13.2. The van der Waals surface area contributed by atoms with Gasteiger partial charge in [0, 0.05) is 5.56 Å². The van der Waals surface area contributed by atoms with Gasteiger partial charge in [-0.3, -0.25) is 0 Å². The molecule has 31 heavy (non-hydrogen) atoms. The summed E-state index contributed by atoms with van der Waals surface area (Å²) in [5, 5.41) is 15.1. The van der Waals surface area contributed by atoms with Crippen molar-refractivity contribution in [2.75, 3.05) is 13.2 Å². The van der Waals surface area contributed by atoms with E-state index >= 15 is 0 Å². The number of nitrogens with zero attached hydrogens (tertiary/aromatic N) is 2. The van der Waals surface area contributed by atoms with Crippen molar-refractivity contribution in [1.29, 1.82) is 0 Å². The van der Waals surface area contributed by atoms with Crippen LogP contribution in [0, 0.1) is 17.5 Å². The molecule has 3 rings (SSSR count). The monoisotopic (exact) mass is 438 g/mol. The molecule has 0 unspecified atom stereocenters. The van der Waals surface area contributed by atoms with E-state index in [9.17, 15) is 22.8 Å². The van der Waals surface area contributed by atoms with Gasteiger partial charge in [-0.2, -0.15) is 0 Å². The molecule has 3 aromatic rings. The van der Waals surface area contributed by atoms with Crippen LogP contribution in [-0.4, -0.2) is 41.2 Å². The van der Waals surface area contributed by atoms with E-state index in [0.717, 1.165) is 18.2 Å². The first-order chi connectivity index (χ1) is 14.8. The normalized spacial score (nSPS) is 10.9. The van der Waals surface area contributed by atoms with Crippen molar-refractivity contribution in [3.8, 4) is 0 Å². The highest BCUT2D eigenvalue weighted by Gasteiger charge is 2.20. The van der Waals surface area contributed by atoms with E-state index in [1.807, 2.05) is 0 Å². The van der Waals surface area contributed by atoms with Crippen molar-refractivity contribution in [1.82, 2.24) is 5.16 Å². The van der Waals surface area contributed by atoms with E-state index < -0.39 is 40.7 Å². The van der Waals surface area contributed by atoms with Crippen LogP contribution in [0.4, 0.5) is 13.2 Å². The lowest BCUT2D eigenvalue weighted by atomic mass is 10.1. The van der Waals surface area contributed by atoms with Crippen molar-refractivity contribution in [2.24, 2.45) is 5.16 Å². The summed E-state index contributed by atoms with van der Waals surface area (Å²) in [6.07, 6.45) is 0. The average Bonchev–Trinajstić information content (AvgIpc) is 3.15. The number of rotatable bonds is 5. The van der Waals surface area contributed by atoms with Crippen molar-refractivity contribution in [3.05, 3.63) is 65.1 Å². The van der Waals surface area contributed by atoms with Gasteiger partial charge in [0.05, 0.1) is 18.6 Å². The number of carbonyl (C=O) groups excluding carboxylic acids is 2. The zero-order chi connectivity index (χ0) is 23.0. The summed E-state index contributed by atoms with van der Waals surface area (Å²) in [7, 11) is 0. The largest absolute Gasteiger partial charge is 0.461 e. The summed E-state index contributed by atoms with van der Waals surface area (Å²) in [6, 6.07) is 6.32. The number of hydrogen-bond acceptors (Lipinski definition) is 8. The molecule has 0 saturated heterocycles. The molecule has 11 heteroatoms. The van der Waals surface area contributed by atoms with Crippen LogP contribution in [0.5, 0.6) is 0 Å². The van der Waals surface area contributed by atoms with Crippen molar-refractivity contribution in [2.45, 2.75) is 13.8 Å². The SMILES string of the molecule is CCOC(=O)C(=NO)c1cc(F)ccc1F.CCOC(=O)c1noc2ccc(F)cc12. The number of fused-ring (bicyclic) bond motifs is 1. The molecule has 0 radical (unpaired) electrons. The Kier molecular flexibility index (Phi) is 8.12. The van der Waals surface area contributed by atoms with Crippen LogP contribution in [-0.2, 0) is 14.3 Å². The standard InChI is InChI=1S/C10H9F2NO3.C10H8FNO3/c1-2-16-10(14)9(13-15)7-5-6(11)3-4-8(7)12;1-2-14-10(13)9-7-5-6(11)3-4-8(7)15-12-9/h3-5,15H,2H2,1H3;3-5H,2H2,1H3. The lowest BCUT2D eigenvalue weighted by Gasteiger charge is -2.05. The Hall–Kier alpha value is -3.89. The van der Waals surface area contributed by atoms with Crippen LogP contribution < -0.4 is 0 Å². The third-order valence-electron chi connectivity index (χ3n) is 3.65. The molecule has 0 saturated carbocycles. The fraction of sp³-hybridized carbons (Fsp3) is 0.200. The quantitative estimate of drug-likeness (QED) is 0.279. The zero-order valence-corrected chi connectivity index (χ0v) is 16.4. The topological polar surface area (TPSA) is 111 Å². The number of halogens is 3. The Labute approximate surface area is 173 Å². The van der Waals surface area contributed by atoms with Crippen LogP contribution >= 0.6 is 0 Å². The van der Waals surface area contributed by atoms with Crippen LogP contribution in [0.3, 0.4) is 0 Å². The van der Waals surface area contributed by atoms with Gasteiger partial charge in [0.15, 0.2) is 17.0 Å². The highest BCUT2D eigenvalue weighted by Crippen LogP contribution is 2.20. The summed E-state index contributed by atoms with van der Waals surface area (Å²) in [5.41, 5.74) is -0.745. The second-order valence-corrected chi connectivity index (χ2v) is 5.69. The van der Waals surface area contributed by atoms with Gasteiger partial charge in [-0.25, -0.2) is 22.8 Å². The fourth-order valence-electron chi connectivity index (χ4n) is 2.34. The first-order valence-corrected chi connectivity index (χ1v) is 8.88. The summed E-state index contributed by atoms with van der Waals surface area (Å²) < 4.78 is 53.1. The van der Waals surface area contributed by atoms with Gasteiger partial charge in [-0.05, 0) is 50.2 Å². The number of benzene rings is 2. The number of ether oxygens (including phenoxy) is 2. The molecule has 1 aromatic heterocycles. The Morgan fingerprint density at radius 1 is 1.03 bits per heavy atom. The molecule has 0 aliphatic heterocycles. The van der Waals surface area contributed by atoms with E-state index in [-0.39, 0.29) is 18.9 Å². The smallest absolute Gasteiger partial charge is 0.361 e. The Bertz CT molecular complexity index is 1110. The van der Waals surface area contributed by atoms with E-state index in [0.29, 0.717) is 11.0 Å². The summed E-state index contributed by atoms with van der Waals surface area (Å²) in [5.74, 6) is -3.70. The minimum Gasteiger partial charge on any atom is -0.461 e. The molecule has 2 aromatic carbocycles. The minimum atomic E-state index is -1.02. The fourth-order valence-corrected chi connectivity index (χ4v) is 2.34. The molecule has 0 bridgehead atoms. The molecular weight excluding hydrogens is 421 g/mol. The number of esters is 2. The third kappa shape index (κ3) is 5.81. The Morgan fingerprint density at radius 3 is 2.32 bits per heavy atom. The van der Waals surface area contributed by atoms with Gasteiger partial charge in [0.2, 0.25) is 0 Å². The second kappa shape index (κ2) is 10.8. The van der Waals surface area contributed by atoms with Crippen molar-refractivity contribution < 1.29 is 42.0 Å². The van der Waals surface area contributed by atoms with Crippen LogP contribution in [0.15, 0.2) is 46.1 Å². The molecule has 1 N–H and O–H groups in total. The predicted octanol–water partition coefficient (Wildman–Crippen LogP) is 3.85. The molecule has 0 aliphatic carbocycles. The molecule has 0 amide bonds. The van der Waals surface area contributed by atoms with Gasteiger partial charge in [-0.1, -0.05) is 10.3 Å². The van der Waals surface area contributed by atoms with Gasteiger partial charge in [0.1, 0.15) is 17.5 Å². The lowest BCUT2D eigenvalue weighted by molar-refractivity contribution is -0.135. The molecule has 0 aliphatic rings. The van der Waals surface area contributed by atoms with E-state index in [1.165, 1.54) is 25.1 Å². The third-order valence-corrected chi connectivity index (χ3v) is 3.65. The van der Waals surface area contributed by atoms with Crippen molar-refractivity contribution >= 4 is 28.6 Å². The highest BCUT2D eigenvalue weighted by molar-refractivity contribution is 6.43. The Morgan fingerprint density at radius 2 is 1.68 bits per heavy atom. The van der Waals surface area contributed by atoms with Gasteiger partial charge in [-0.15, -0.1) is 0 Å². The minimum absolute atomic E-state index is 0.00588. The van der Waals surface area contributed by atoms with Gasteiger partial charge >= 0.3 is 11.9 Å². The number of carbonyl (C=O) groups is 2. The summed E-state index contributed by atoms with van der Waals surface area (Å²) >= 11 is 0. The maximum Gasteiger partial charge on any atom is 0.361 e. The second-order valence-electron chi connectivity index (χ2n) is 5.69. The number of aromatic nitrogens is 1. The van der Waals surface area contributed by atoms with Crippen molar-refractivity contribution in [3.63, 3.8) is 0 Å². The lowest BCUT2D eigenvalue weighted by Crippen LogP contribution is -2.20. The molecule has 0 spiro atoms. The van der Waals surface area contributed by atoms with Crippen LogP contribution in [0.25, 0.3) is 11.0 Å². The van der Waals surface area contributed by atoms with E-state index in [1.54, 1.807) is 6.92 Å². The van der Waals surface area contributed by atoms with E-state index in [2.05, 4.69) is 15.0 Å². The van der Waals surface area contributed by atoms with E-state index in [4.69, 9.17) is 14.5 Å². The molecular formula is C20H17F3N2O6. The zero-order valence-electron chi connectivity index (χ0n) is 16.4. The maximum absolute atomic E-state index is 13.2. The average molecular weight is 438 g/mol. The number of hydrogen-bond donors (Lipinski definition) is 1. The van der Waals surface area contributed by atoms with Gasteiger partial charge in [0.25, 0.3) is 0 Å². The van der Waals surface area contributed by atoms with Gasteiger partial charge < -0.3 is 19.2 Å². The molecule has 164 valence electrons. The Balaban J connectivity index is 0.000000220. The van der Waals surface area contributed by atoms with Crippen LogP contribution in [0.1, 0.15) is 29.9 Å². The highest BCUT2D eigenvalue weighted by atomic mass is 19.1. The summed E-state index contributed by atoms with van der Waals surface area (Å²) in [6.45, 7) is 3.49.